The molecule has 0 fully saturated rings. The molecule has 0 atom stereocenters. The van der Waals surface area contributed by atoms with Gasteiger partial charge in [0, 0.05) is 24.0 Å². The van der Waals surface area contributed by atoms with Crippen LogP contribution in [0.1, 0.15) is 21.7 Å². The van der Waals surface area contributed by atoms with E-state index in [1.807, 2.05) is 36.4 Å². The summed E-state index contributed by atoms with van der Waals surface area (Å²) in [5.74, 6) is 0.332. The van der Waals surface area contributed by atoms with E-state index in [0.29, 0.717) is 17.3 Å². The number of nitriles is 1. The van der Waals surface area contributed by atoms with Gasteiger partial charge in [-0.1, -0.05) is 6.07 Å². The number of benzene rings is 1. The zero-order valence-electron chi connectivity index (χ0n) is 13.9. The summed E-state index contributed by atoms with van der Waals surface area (Å²) < 4.78 is 7.37. The molecular formula is C20H14N4O2. The molecule has 0 aliphatic heterocycles. The fourth-order valence-corrected chi connectivity index (χ4v) is 2.96. The summed E-state index contributed by atoms with van der Waals surface area (Å²) in [5.41, 5.74) is 1.85. The zero-order valence-corrected chi connectivity index (χ0v) is 13.9. The Morgan fingerprint density at radius 2 is 2.00 bits per heavy atom. The van der Waals surface area contributed by atoms with Gasteiger partial charge >= 0.3 is 0 Å². The predicted octanol–water partition coefficient (Wildman–Crippen LogP) is 4.05. The highest BCUT2D eigenvalue weighted by molar-refractivity contribution is 6.10. The summed E-state index contributed by atoms with van der Waals surface area (Å²) in [5, 5.41) is 13.3. The van der Waals surface area contributed by atoms with Gasteiger partial charge in [0.25, 0.3) is 5.91 Å². The highest BCUT2D eigenvalue weighted by Crippen LogP contribution is 2.28. The van der Waals surface area contributed by atoms with Crippen molar-refractivity contribution in [3.05, 3.63) is 77.9 Å². The van der Waals surface area contributed by atoms with Crippen molar-refractivity contribution in [2.24, 2.45) is 0 Å². The molecule has 0 unspecified atom stereocenters. The number of hydrogen-bond acceptors (Lipinski definition) is 4. The molecule has 1 aromatic carbocycles. The average Bonchev–Trinajstić information content (AvgIpc) is 3.29. The van der Waals surface area contributed by atoms with Gasteiger partial charge < -0.3 is 9.73 Å². The molecule has 3 aromatic heterocycles. The number of carbonyl (C=O) groups excluding carboxylic acids is 1. The predicted molar refractivity (Wildman–Crippen MR) is 97.2 cm³/mol. The Morgan fingerprint density at radius 3 is 2.77 bits per heavy atom. The van der Waals surface area contributed by atoms with Crippen LogP contribution in [0, 0.1) is 18.3 Å². The van der Waals surface area contributed by atoms with Gasteiger partial charge in [-0.2, -0.15) is 5.26 Å². The molecule has 0 saturated carbocycles. The van der Waals surface area contributed by atoms with Gasteiger partial charge in [-0.15, -0.1) is 0 Å². The quantitative estimate of drug-likeness (QED) is 0.609. The molecule has 6 nitrogen and oxygen atoms in total. The number of aryl methyl sites for hydroxylation is 1. The fraction of sp³-hybridized carbons (Fsp3) is 0.0500. The van der Waals surface area contributed by atoms with Crippen LogP contribution in [-0.2, 0) is 0 Å². The topological polar surface area (TPSA) is 83.8 Å². The second-order valence-electron chi connectivity index (χ2n) is 5.75. The van der Waals surface area contributed by atoms with Gasteiger partial charge in [0.1, 0.15) is 23.0 Å². The Hall–Kier alpha value is -3.85. The first-order valence-electron chi connectivity index (χ1n) is 8.01. The van der Waals surface area contributed by atoms with Crippen molar-refractivity contribution in [1.29, 1.82) is 5.26 Å². The normalized spacial score (nSPS) is 10.6. The van der Waals surface area contributed by atoms with Crippen LogP contribution in [0.5, 0.6) is 0 Å². The van der Waals surface area contributed by atoms with E-state index in [1.165, 1.54) is 0 Å². The summed E-state index contributed by atoms with van der Waals surface area (Å²) in [6, 6.07) is 14.9. The third-order valence-corrected chi connectivity index (χ3v) is 4.14. The molecule has 6 heteroatoms. The number of fused-ring (bicyclic) bond motifs is 1. The smallest absolute Gasteiger partial charge is 0.260 e. The SMILES string of the molecule is Cc1oc(-n2cccc2)c(C#N)c1C(=O)Nc1cccc2ncccc12. The van der Waals surface area contributed by atoms with E-state index in [2.05, 4.69) is 16.4 Å². The van der Waals surface area contributed by atoms with Crippen molar-refractivity contribution in [1.82, 2.24) is 9.55 Å². The monoisotopic (exact) mass is 342 g/mol. The van der Waals surface area contributed by atoms with Crippen molar-refractivity contribution in [2.45, 2.75) is 6.92 Å². The second kappa shape index (κ2) is 6.22. The highest BCUT2D eigenvalue weighted by Gasteiger charge is 2.24. The lowest BCUT2D eigenvalue weighted by molar-refractivity contribution is 0.102. The maximum atomic E-state index is 12.9. The van der Waals surface area contributed by atoms with E-state index < -0.39 is 5.91 Å². The third kappa shape index (κ3) is 2.52. The number of nitrogens with zero attached hydrogens (tertiary/aromatic N) is 3. The number of pyridine rings is 1. The number of amides is 1. The van der Waals surface area contributed by atoms with Crippen molar-refractivity contribution < 1.29 is 9.21 Å². The summed E-state index contributed by atoms with van der Waals surface area (Å²) in [7, 11) is 0. The Bertz CT molecular complexity index is 1150. The lowest BCUT2D eigenvalue weighted by atomic mass is 10.1. The number of nitrogens with one attached hydrogen (secondary N) is 1. The molecule has 0 bridgehead atoms. The highest BCUT2D eigenvalue weighted by atomic mass is 16.4. The van der Waals surface area contributed by atoms with Gasteiger partial charge in [-0.05, 0) is 43.3 Å². The van der Waals surface area contributed by atoms with E-state index in [9.17, 15) is 10.1 Å². The lowest BCUT2D eigenvalue weighted by Crippen LogP contribution is -2.14. The molecule has 0 saturated heterocycles. The molecule has 26 heavy (non-hydrogen) atoms. The molecular weight excluding hydrogens is 328 g/mol. The van der Waals surface area contributed by atoms with Crippen LogP contribution in [0.2, 0.25) is 0 Å². The van der Waals surface area contributed by atoms with Gasteiger partial charge in [0.05, 0.1) is 11.2 Å². The number of hydrogen-bond donors (Lipinski definition) is 1. The van der Waals surface area contributed by atoms with Crippen molar-refractivity contribution in [2.75, 3.05) is 5.32 Å². The molecule has 126 valence electrons. The van der Waals surface area contributed by atoms with Gasteiger partial charge in [-0.25, -0.2) is 0 Å². The molecule has 3 heterocycles. The molecule has 4 rings (SSSR count). The second-order valence-corrected chi connectivity index (χ2v) is 5.75. The number of anilines is 1. The molecule has 1 N–H and O–H groups in total. The van der Waals surface area contributed by atoms with E-state index in [-0.39, 0.29) is 11.1 Å². The zero-order chi connectivity index (χ0) is 18.1. The van der Waals surface area contributed by atoms with Crippen LogP contribution in [0.3, 0.4) is 0 Å². The maximum absolute atomic E-state index is 12.9. The Morgan fingerprint density at radius 1 is 1.19 bits per heavy atom. The minimum Gasteiger partial charge on any atom is -0.443 e. The van der Waals surface area contributed by atoms with E-state index >= 15 is 0 Å². The van der Waals surface area contributed by atoms with Crippen LogP contribution >= 0.6 is 0 Å². The summed E-state index contributed by atoms with van der Waals surface area (Å²) in [4.78, 5) is 17.2. The first kappa shape index (κ1) is 15.7. The maximum Gasteiger partial charge on any atom is 0.260 e. The summed E-state index contributed by atoms with van der Waals surface area (Å²) >= 11 is 0. The van der Waals surface area contributed by atoms with Gasteiger partial charge in [0.2, 0.25) is 5.88 Å². The molecule has 1 amide bonds. The summed E-state index contributed by atoms with van der Waals surface area (Å²) in [6.45, 7) is 1.67. The van der Waals surface area contributed by atoms with E-state index in [0.717, 1.165) is 10.9 Å². The molecule has 0 radical (unpaired) electrons. The first-order valence-corrected chi connectivity index (χ1v) is 8.01. The van der Waals surface area contributed by atoms with Crippen LogP contribution < -0.4 is 5.32 Å². The summed E-state index contributed by atoms with van der Waals surface area (Å²) in [6.07, 6.45) is 5.22. The van der Waals surface area contributed by atoms with E-state index in [4.69, 9.17) is 4.42 Å². The Kier molecular flexibility index (Phi) is 3.75. The third-order valence-electron chi connectivity index (χ3n) is 4.14. The van der Waals surface area contributed by atoms with Crippen LogP contribution in [0.25, 0.3) is 16.8 Å². The number of carbonyl (C=O) groups is 1. The lowest BCUT2D eigenvalue weighted by Gasteiger charge is -2.08. The minimum absolute atomic E-state index is 0.203. The first-order chi connectivity index (χ1) is 12.7. The standard InChI is InChI=1S/C20H14N4O2/c1-13-18(15(12-21)20(26-13)24-10-2-3-11-24)19(25)23-17-8-4-7-16-14(17)6-5-9-22-16/h2-11H,1H3,(H,23,25). The molecule has 4 aromatic rings. The van der Waals surface area contributed by atoms with Crippen LogP contribution in [0.4, 0.5) is 5.69 Å². The minimum atomic E-state index is -0.391. The van der Waals surface area contributed by atoms with E-state index in [1.54, 1.807) is 36.1 Å². The Labute approximate surface area is 149 Å². The number of furan rings is 1. The van der Waals surface area contributed by atoms with Crippen molar-refractivity contribution >= 4 is 22.5 Å². The van der Waals surface area contributed by atoms with Crippen molar-refractivity contribution in [3.63, 3.8) is 0 Å². The van der Waals surface area contributed by atoms with Crippen LogP contribution in [-0.4, -0.2) is 15.5 Å². The van der Waals surface area contributed by atoms with Gasteiger partial charge in [-0.3, -0.25) is 14.3 Å². The number of rotatable bonds is 3. The van der Waals surface area contributed by atoms with Gasteiger partial charge in [0.15, 0.2) is 0 Å². The fourth-order valence-electron chi connectivity index (χ4n) is 2.96. The molecule has 0 spiro atoms. The molecule has 0 aliphatic rings. The molecule has 0 aliphatic carbocycles. The number of aromatic nitrogens is 2. The largest absolute Gasteiger partial charge is 0.443 e. The van der Waals surface area contributed by atoms with Crippen LogP contribution in [0.15, 0.2) is 65.5 Å². The van der Waals surface area contributed by atoms with Crippen molar-refractivity contribution in [3.8, 4) is 12.0 Å². The Balaban J connectivity index is 1.76. The average molecular weight is 342 g/mol.